The Labute approximate surface area is 173 Å². The fraction of sp³-hybridized carbons (Fsp3) is 0.0400. The Morgan fingerprint density at radius 3 is 1.97 bits per heavy atom. The number of fused-ring (bicyclic) bond motifs is 3. The van der Waals surface area contributed by atoms with Crippen molar-refractivity contribution in [2.75, 3.05) is 4.81 Å². The number of para-hydroxylation sites is 1. The van der Waals surface area contributed by atoms with Gasteiger partial charge >= 0.3 is 13.0 Å². The number of rotatable bonds is 2. The van der Waals surface area contributed by atoms with Gasteiger partial charge in [-0.3, -0.25) is 0 Å². The molecule has 1 aliphatic heterocycles. The summed E-state index contributed by atoms with van der Waals surface area (Å²) in [6.07, 6.45) is -4.39. The molecule has 0 aliphatic carbocycles. The van der Waals surface area contributed by atoms with Gasteiger partial charge in [0.2, 0.25) is 0 Å². The predicted molar refractivity (Wildman–Crippen MR) is 117 cm³/mol. The first-order valence-corrected chi connectivity index (χ1v) is 9.74. The van der Waals surface area contributed by atoms with E-state index in [0.717, 1.165) is 27.9 Å². The number of hydrogen-bond donors (Lipinski definition) is 0. The van der Waals surface area contributed by atoms with Crippen LogP contribution < -0.4 is 15.7 Å². The molecule has 0 spiro atoms. The first kappa shape index (κ1) is 18.6. The maximum Gasteiger partial charge on any atom is 0.416 e. The molecule has 0 unspecified atom stereocenters. The molecule has 4 aromatic rings. The lowest BCUT2D eigenvalue weighted by atomic mass is 9.45. The second-order valence-electron chi connectivity index (χ2n) is 7.34. The average molecular weight is 399 g/mol. The molecule has 0 N–H and O–H groups in total. The van der Waals surface area contributed by atoms with Gasteiger partial charge in [0.1, 0.15) is 0 Å². The number of nitrogens with zero attached hydrogens (tertiary/aromatic N) is 1. The first-order chi connectivity index (χ1) is 14.5. The molecule has 1 nitrogen and oxygen atoms in total. The molecule has 1 heterocycles. The molecule has 30 heavy (non-hydrogen) atoms. The van der Waals surface area contributed by atoms with Crippen molar-refractivity contribution in [2.24, 2.45) is 0 Å². The van der Waals surface area contributed by atoms with Crippen molar-refractivity contribution in [3.8, 4) is 11.1 Å². The van der Waals surface area contributed by atoms with Crippen molar-refractivity contribution in [3.05, 3.63) is 109 Å². The number of halogens is 3. The van der Waals surface area contributed by atoms with Crippen LogP contribution in [0.25, 0.3) is 11.1 Å². The van der Waals surface area contributed by atoms with Gasteiger partial charge in [-0.1, -0.05) is 78.3 Å². The summed E-state index contributed by atoms with van der Waals surface area (Å²) in [5, 5.41) is 0. The van der Waals surface area contributed by atoms with Crippen LogP contribution in [0.3, 0.4) is 0 Å². The molecular formula is C25H17BF3N. The van der Waals surface area contributed by atoms with E-state index in [1.807, 2.05) is 72.8 Å². The first-order valence-electron chi connectivity index (χ1n) is 9.74. The van der Waals surface area contributed by atoms with Crippen LogP contribution in [-0.2, 0) is 6.18 Å². The van der Waals surface area contributed by atoms with E-state index >= 15 is 0 Å². The van der Waals surface area contributed by atoms with Crippen LogP contribution in [0.5, 0.6) is 0 Å². The summed E-state index contributed by atoms with van der Waals surface area (Å²) in [7, 11) is 0. The van der Waals surface area contributed by atoms with Crippen LogP contribution in [0.2, 0.25) is 0 Å². The monoisotopic (exact) mass is 399 g/mol. The number of hydrogen-bond acceptors (Lipinski definition) is 1. The summed E-state index contributed by atoms with van der Waals surface area (Å²) < 4.78 is 40.4. The normalized spacial score (nSPS) is 13.0. The van der Waals surface area contributed by atoms with E-state index in [0.29, 0.717) is 5.56 Å². The van der Waals surface area contributed by atoms with Crippen molar-refractivity contribution in [2.45, 2.75) is 6.18 Å². The minimum Gasteiger partial charge on any atom is -0.376 e. The fourth-order valence-corrected chi connectivity index (χ4v) is 4.24. The molecule has 0 amide bonds. The van der Waals surface area contributed by atoms with Gasteiger partial charge in [-0.15, -0.1) is 0 Å². The lowest BCUT2D eigenvalue weighted by molar-refractivity contribution is -0.137. The molecule has 146 valence electrons. The van der Waals surface area contributed by atoms with Crippen LogP contribution in [-0.4, -0.2) is 6.85 Å². The molecule has 1 aliphatic rings. The van der Waals surface area contributed by atoms with Gasteiger partial charge in [-0.2, -0.15) is 13.2 Å². The highest BCUT2D eigenvalue weighted by Crippen LogP contribution is 2.42. The molecule has 0 atom stereocenters. The molecule has 0 fully saturated rings. The molecule has 0 saturated heterocycles. The topological polar surface area (TPSA) is 3.24 Å². The van der Waals surface area contributed by atoms with Gasteiger partial charge in [0.05, 0.1) is 5.56 Å². The highest BCUT2D eigenvalue weighted by atomic mass is 19.4. The average Bonchev–Trinajstić information content (AvgIpc) is 2.78. The predicted octanol–water partition coefficient (Wildman–Crippen LogP) is 5.63. The Kier molecular flexibility index (Phi) is 4.39. The molecule has 4 aromatic carbocycles. The SMILES string of the molecule is FC(F)(F)c1ccc2c(c1)-c1ccccc1B(c1ccccc1)N2c1ccccc1. The quantitative estimate of drug-likeness (QED) is 0.395. The fourth-order valence-electron chi connectivity index (χ4n) is 4.24. The molecule has 0 radical (unpaired) electrons. The molecule has 0 saturated carbocycles. The Hall–Kier alpha value is -3.47. The zero-order valence-electron chi connectivity index (χ0n) is 16.0. The Bertz CT molecular complexity index is 1190. The molecule has 0 bridgehead atoms. The minimum absolute atomic E-state index is 0.144. The van der Waals surface area contributed by atoms with Crippen molar-refractivity contribution in [1.82, 2.24) is 0 Å². The smallest absolute Gasteiger partial charge is 0.376 e. The van der Waals surface area contributed by atoms with E-state index in [9.17, 15) is 13.2 Å². The third kappa shape index (κ3) is 3.07. The van der Waals surface area contributed by atoms with Crippen molar-refractivity contribution in [1.29, 1.82) is 0 Å². The van der Waals surface area contributed by atoms with Crippen LogP contribution in [0.15, 0.2) is 103 Å². The second kappa shape index (κ2) is 7.10. The van der Waals surface area contributed by atoms with E-state index in [2.05, 4.69) is 16.9 Å². The van der Waals surface area contributed by atoms with Gasteiger partial charge in [-0.05, 0) is 41.4 Å². The largest absolute Gasteiger partial charge is 0.416 e. The summed E-state index contributed by atoms with van der Waals surface area (Å²) in [6.45, 7) is -0.144. The number of anilines is 2. The van der Waals surface area contributed by atoms with Crippen molar-refractivity contribution >= 4 is 29.1 Å². The van der Waals surface area contributed by atoms with Crippen LogP contribution >= 0.6 is 0 Å². The summed E-state index contributed by atoms with van der Waals surface area (Å²) >= 11 is 0. The number of alkyl halides is 3. The van der Waals surface area contributed by atoms with Crippen LogP contribution in [0, 0.1) is 0 Å². The lowest BCUT2D eigenvalue weighted by Crippen LogP contribution is -2.57. The van der Waals surface area contributed by atoms with Crippen LogP contribution in [0.4, 0.5) is 24.5 Å². The zero-order valence-corrected chi connectivity index (χ0v) is 16.0. The molecule has 5 heteroatoms. The highest BCUT2D eigenvalue weighted by Gasteiger charge is 2.38. The van der Waals surface area contributed by atoms with Crippen molar-refractivity contribution < 1.29 is 13.2 Å². The summed E-state index contributed by atoms with van der Waals surface area (Å²) in [5.41, 5.74) is 4.56. The van der Waals surface area contributed by atoms with E-state index in [4.69, 9.17) is 0 Å². The minimum atomic E-state index is -4.39. The van der Waals surface area contributed by atoms with E-state index in [1.165, 1.54) is 12.1 Å². The van der Waals surface area contributed by atoms with Crippen LogP contribution in [0.1, 0.15) is 5.56 Å². The lowest BCUT2D eigenvalue weighted by Gasteiger charge is -2.39. The third-order valence-corrected chi connectivity index (χ3v) is 5.54. The maximum absolute atomic E-state index is 13.5. The van der Waals surface area contributed by atoms with Gasteiger partial charge in [-0.25, -0.2) is 0 Å². The van der Waals surface area contributed by atoms with Gasteiger partial charge < -0.3 is 4.81 Å². The molecule has 5 rings (SSSR count). The highest BCUT2D eigenvalue weighted by molar-refractivity contribution is 6.90. The zero-order chi connectivity index (χ0) is 20.7. The Morgan fingerprint density at radius 1 is 0.633 bits per heavy atom. The van der Waals surface area contributed by atoms with E-state index in [-0.39, 0.29) is 6.85 Å². The summed E-state index contributed by atoms with van der Waals surface area (Å²) in [6, 6.07) is 31.7. The molecule has 0 aromatic heterocycles. The molecular weight excluding hydrogens is 382 g/mol. The summed E-state index contributed by atoms with van der Waals surface area (Å²) in [4.78, 5) is 2.13. The van der Waals surface area contributed by atoms with Gasteiger partial charge in [0.25, 0.3) is 0 Å². The Morgan fingerprint density at radius 2 is 1.27 bits per heavy atom. The standard InChI is InChI=1S/C25H17BF3N/c27-25(28,29)18-15-16-24-22(17-18)21-13-7-8-14-23(21)26(19-9-3-1-4-10-19)30(24)20-11-5-2-6-12-20/h1-17H. The summed E-state index contributed by atoms with van der Waals surface area (Å²) in [5.74, 6) is 0. The number of benzene rings is 4. The van der Waals surface area contributed by atoms with Crippen molar-refractivity contribution in [3.63, 3.8) is 0 Å². The Balaban J connectivity index is 1.82. The van der Waals surface area contributed by atoms with Gasteiger partial charge in [0.15, 0.2) is 0 Å². The second-order valence-corrected chi connectivity index (χ2v) is 7.34. The maximum atomic E-state index is 13.5. The van der Waals surface area contributed by atoms with E-state index in [1.54, 1.807) is 6.07 Å². The van der Waals surface area contributed by atoms with E-state index < -0.39 is 11.7 Å². The third-order valence-electron chi connectivity index (χ3n) is 5.54. The van der Waals surface area contributed by atoms with Gasteiger partial charge in [0, 0.05) is 16.9 Å².